The Balaban J connectivity index is 1.81. The van der Waals surface area contributed by atoms with E-state index in [1.165, 1.54) is 24.1 Å². The first-order valence-electron chi connectivity index (χ1n) is 6.96. The second-order valence-electron chi connectivity index (χ2n) is 4.70. The van der Waals surface area contributed by atoms with Gasteiger partial charge in [-0.2, -0.15) is 0 Å². The molecule has 0 fully saturated rings. The Kier molecular flexibility index (Phi) is 5.45. The average molecular weight is 256 g/mol. The van der Waals surface area contributed by atoms with Gasteiger partial charge in [-0.05, 0) is 36.2 Å². The number of hydrogen-bond donors (Lipinski definition) is 1. The highest BCUT2D eigenvalue weighted by Gasteiger charge is 1.98. The van der Waals surface area contributed by atoms with Crippen molar-refractivity contribution in [3.63, 3.8) is 0 Å². The molecule has 0 aliphatic heterocycles. The number of rotatable bonds is 7. The van der Waals surface area contributed by atoms with E-state index in [4.69, 9.17) is 4.74 Å². The van der Waals surface area contributed by atoms with Gasteiger partial charge >= 0.3 is 0 Å². The highest BCUT2D eigenvalue weighted by Crippen LogP contribution is 2.13. The Morgan fingerprint density at radius 3 is 2.32 bits per heavy atom. The smallest absolute Gasteiger partial charge is 0.119 e. The van der Waals surface area contributed by atoms with Crippen LogP contribution in [0.1, 0.15) is 24.5 Å². The van der Waals surface area contributed by atoms with Crippen molar-refractivity contribution in [2.75, 3.05) is 6.54 Å². The monoisotopic (exact) mass is 256 g/mol. The van der Waals surface area contributed by atoms with Gasteiger partial charge in [0.1, 0.15) is 18.9 Å². The van der Waals surface area contributed by atoms with Crippen molar-refractivity contribution in [1.82, 2.24) is 0 Å². The van der Waals surface area contributed by atoms with Crippen LogP contribution < -0.4 is 10.1 Å². The Bertz CT molecular complexity index is 464. The lowest BCUT2D eigenvalue weighted by Crippen LogP contribution is -2.82. The second kappa shape index (κ2) is 7.59. The van der Waals surface area contributed by atoms with Gasteiger partial charge in [-0.15, -0.1) is 0 Å². The van der Waals surface area contributed by atoms with Crippen molar-refractivity contribution in [1.29, 1.82) is 0 Å². The van der Waals surface area contributed by atoms with Crippen molar-refractivity contribution in [3.8, 4) is 5.75 Å². The van der Waals surface area contributed by atoms with Gasteiger partial charge in [0.25, 0.3) is 0 Å². The number of quaternary nitrogens is 1. The molecule has 0 aliphatic carbocycles. The Morgan fingerprint density at radius 1 is 0.895 bits per heavy atom. The third-order valence-corrected chi connectivity index (χ3v) is 3.04. The van der Waals surface area contributed by atoms with E-state index in [1.54, 1.807) is 0 Å². The van der Waals surface area contributed by atoms with Gasteiger partial charge in [-0.1, -0.05) is 37.3 Å². The fourth-order valence-electron chi connectivity index (χ4n) is 1.94. The lowest BCUT2D eigenvalue weighted by Gasteiger charge is -2.07. The Labute approximate surface area is 115 Å². The van der Waals surface area contributed by atoms with Gasteiger partial charge in [-0.25, -0.2) is 0 Å². The molecular formula is C17H22NO+. The fourth-order valence-corrected chi connectivity index (χ4v) is 1.94. The summed E-state index contributed by atoms with van der Waals surface area (Å²) in [5.41, 5.74) is 2.54. The molecule has 0 bridgehead atoms. The molecule has 2 rings (SSSR count). The quantitative estimate of drug-likeness (QED) is 0.757. The summed E-state index contributed by atoms with van der Waals surface area (Å²) in [6, 6.07) is 18.6. The van der Waals surface area contributed by atoms with Gasteiger partial charge in [0.2, 0.25) is 0 Å². The zero-order chi connectivity index (χ0) is 13.3. The zero-order valence-electron chi connectivity index (χ0n) is 11.5. The van der Waals surface area contributed by atoms with Gasteiger partial charge < -0.3 is 10.1 Å². The second-order valence-corrected chi connectivity index (χ2v) is 4.70. The lowest BCUT2D eigenvalue weighted by atomic mass is 10.2. The van der Waals surface area contributed by atoms with Crippen molar-refractivity contribution in [3.05, 3.63) is 65.7 Å². The maximum absolute atomic E-state index is 5.76. The largest absolute Gasteiger partial charge is 0.489 e. The summed E-state index contributed by atoms with van der Waals surface area (Å²) in [5, 5.41) is 2.33. The number of nitrogens with two attached hydrogens (primary N) is 1. The fraction of sp³-hybridized carbons (Fsp3) is 0.294. The molecule has 0 atom stereocenters. The molecular weight excluding hydrogens is 234 g/mol. The van der Waals surface area contributed by atoms with Crippen LogP contribution in [0.4, 0.5) is 0 Å². The number of benzene rings is 2. The Hall–Kier alpha value is -1.80. The van der Waals surface area contributed by atoms with E-state index in [0.717, 1.165) is 12.3 Å². The van der Waals surface area contributed by atoms with Crippen LogP contribution >= 0.6 is 0 Å². The van der Waals surface area contributed by atoms with Gasteiger partial charge in [-0.3, -0.25) is 0 Å². The summed E-state index contributed by atoms with van der Waals surface area (Å²) in [6.07, 6.45) is 1.22. The standard InChI is InChI=1S/C17H21NO/c1-2-12-18-13-15-8-10-17(11-9-15)19-14-16-6-4-3-5-7-16/h3-11,18H,2,12-14H2,1H3/p+1. The molecule has 0 aromatic heterocycles. The van der Waals surface area contributed by atoms with Crippen LogP contribution in [0.25, 0.3) is 0 Å². The predicted molar refractivity (Wildman–Crippen MR) is 78.0 cm³/mol. The maximum Gasteiger partial charge on any atom is 0.119 e. The summed E-state index contributed by atoms with van der Waals surface area (Å²) in [5.74, 6) is 0.933. The molecule has 0 radical (unpaired) electrons. The first-order chi connectivity index (χ1) is 9.38. The third-order valence-electron chi connectivity index (χ3n) is 3.04. The van der Waals surface area contributed by atoms with Crippen LogP contribution in [0.15, 0.2) is 54.6 Å². The van der Waals surface area contributed by atoms with Crippen LogP contribution in [0.3, 0.4) is 0 Å². The van der Waals surface area contributed by atoms with Gasteiger partial charge in [0, 0.05) is 5.56 Å². The van der Waals surface area contributed by atoms with Crippen molar-refractivity contribution >= 4 is 0 Å². The molecule has 2 aromatic rings. The van der Waals surface area contributed by atoms with Crippen LogP contribution in [-0.4, -0.2) is 6.54 Å². The molecule has 2 aromatic carbocycles. The van der Waals surface area contributed by atoms with Crippen molar-refractivity contribution in [2.45, 2.75) is 26.5 Å². The highest BCUT2D eigenvalue weighted by molar-refractivity contribution is 5.27. The van der Waals surface area contributed by atoms with E-state index in [9.17, 15) is 0 Å². The van der Waals surface area contributed by atoms with E-state index in [2.05, 4.69) is 48.6 Å². The topological polar surface area (TPSA) is 25.8 Å². The van der Waals surface area contributed by atoms with E-state index < -0.39 is 0 Å². The minimum Gasteiger partial charge on any atom is -0.489 e. The third kappa shape index (κ3) is 4.76. The minimum absolute atomic E-state index is 0.627. The molecule has 0 amide bonds. The van der Waals surface area contributed by atoms with E-state index in [-0.39, 0.29) is 0 Å². The van der Waals surface area contributed by atoms with Crippen molar-refractivity contribution in [2.24, 2.45) is 0 Å². The molecule has 0 heterocycles. The molecule has 2 heteroatoms. The maximum atomic E-state index is 5.76. The number of ether oxygens (including phenoxy) is 1. The predicted octanol–water partition coefficient (Wildman–Crippen LogP) is 2.74. The van der Waals surface area contributed by atoms with E-state index in [1.807, 2.05) is 18.2 Å². The van der Waals surface area contributed by atoms with Crippen LogP contribution in [-0.2, 0) is 13.2 Å². The molecule has 2 nitrogen and oxygen atoms in total. The summed E-state index contributed by atoms with van der Waals surface area (Å²) in [7, 11) is 0. The molecule has 0 unspecified atom stereocenters. The van der Waals surface area contributed by atoms with Crippen LogP contribution in [0.5, 0.6) is 5.75 Å². The molecule has 0 spiro atoms. The first-order valence-corrected chi connectivity index (χ1v) is 6.96. The molecule has 0 saturated carbocycles. The first kappa shape index (κ1) is 13.6. The molecule has 0 saturated heterocycles. The molecule has 2 N–H and O–H groups in total. The van der Waals surface area contributed by atoms with Crippen LogP contribution in [0.2, 0.25) is 0 Å². The minimum atomic E-state index is 0.627. The number of hydrogen-bond acceptors (Lipinski definition) is 1. The van der Waals surface area contributed by atoms with E-state index >= 15 is 0 Å². The summed E-state index contributed by atoms with van der Waals surface area (Å²) < 4.78 is 5.76. The summed E-state index contributed by atoms with van der Waals surface area (Å²) >= 11 is 0. The SMILES string of the molecule is CCC[NH2+]Cc1ccc(OCc2ccccc2)cc1. The average Bonchev–Trinajstić information content (AvgIpc) is 2.48. The normalized spacial score (nSPS) is 10.4. The van der Waals surface area contributed by atoms with Gasteiger partial charge in [0.15, 0.2) is 0 Å². The van der Waals surface area contributed by atoms with E-state index in [0.29, 0.717) is 6.61 Å². The zero-order valence-corrected chi connectivity index (χ0v) is 11.5. The lowest BCUT2D eigenvalue weighted by molar-refractivity contribution is -0.670. The van der Waals surface area contributed by atoms with Gasteiger partial charge in [0.05, 0.1) is 6.54 Å². The Morgan fingerprint density at radius 2 is 1.63 bits per heavy atom. The molecule has 0 aliphatic rings. The van der Waals surface area contributed by atoms with Crippen LogP contribution in [0, 0.1) is 0 Å². The summed E-state index contributed by atoms with van der Waals surface area (Å²) in [6.45, 7) is 5.07. The summed E-state index contributed by atoms with van der Waals surface area (Å²) in [4.78, 5) is 0. The highest BCUT2D eigenvalue weighted by atomic mass is 16.5. The van der Waals surface area contributed by atoms with Crippen molar-refractivity contribution < 1.29 is 10.1 Å². The molecule has 19 heavy (non-hydrogen) atoms. The molecule has 100 valence electrons.